The molecule has 0 unspecified atom stereocenters. The van der Waals surface area contributed by atoms with Gasteiger partial charge in [0, 0.05) is 15.8 Å². The first-order chi connectivity index (χ1) is 12.6. The summed E-state index contributed by atoms with van der Waals surface area (Å²) in [6.07, 6.45) is 3.76. The van der Waals surface area contributed by atoms with E-state index < -0.39 is 0 Å². The fraction of sp³-hybridized carbons (Fsp3) is 0.105. The molecule has 3 aromatic rings. The summed E-state index contributed by atoms with van der Waals surface area (Å²) in [4.78, 5) is 17.6. The Morgan fingerprint density at radius 3 is 2.65 bits per heavy atom. The molecule has 0 fully saturated rings. The van der Waals surface area contributed by atoms with E-state index in [0.717, 1.165) is 16.1 Å². The van der Waals surface area contributed by atoms with Crippen molar-refractivity contribution in [1.29, 1.82) is 0 Å². The zero-order valence-corrected chi connectivity index (χ0v) is 15.6. The van der Waals surface area contributed by atoms with Crippen LogP contribution < -0.4 is 5.43 Å². The van der Waals surface area contributed by atoms with Gasteiger partial charge in [-0.05, 0) is 48.2 Å². The lowest BCUT2D eigenvalue weighted by atomic mass is 10.2. The SMILES string of the molecule is CSc1ccc(/C=N\NC(=O)Cc2csc(-c3ccc(F)cc3)n2)cc1. The number of hydrogen-bond donors (Lipinski definition) is 1. The van der Waals surface area contributed by atoms with Gasteiger partial charge in [0.05, 0.1) is 18.3 Å². The number of thiazole rings is 1. The molecule has 0 saturated heterocycles. The number of hydrazone groups is 1. The largest absolute Gasteiger partial charge is 0.273 e. The second-order valence-electron chi connectivity index (χ2n) is 5.39. The van der Waals surface area contributed by atoms with Crippen LogP contribution in [0.3, 0.4) is 0 Å². The molecule has 0 radical (unpaired) electrons. The number of carbonyl (C=O) groups excluding carboxylic acids is 1. The maximum Gasteiger partial charge on any atom is 0.246 e. The zero-order chi connectivity index (χ0) is 18.4. The van der Waals surface area contributed by atoms with Crippen LogP contribution in [0.25, 0.3) is 10.6 Å². The molecular formula is C19H16FN3OS2. The van der Waals surface area contributed by atoms with Crippen molar-refractivity contribution in [3.8, 4) is 10.6 Å². The van der Waals surface area contributed by atoms with Crippen molar-refractivity contribution in [1.82, 2.24) is 10.4 Å². The highest BCUT2D eigenvalue weighted by atomic mass is 32.2. The minimum absolute atomic E-state index is 0.139. The molecule has 26 heavy (non-hydrogen) atoms. The third-order valence-electron chi connectivity index (χ3n) is 3.50. The summed E-state index contributed by atoms with van der Waals surface area (Å²) >= 11 is 3.09. The van der Waals surface area contributed by atoms with Crippen molar-refractivity contribution in [3.63, 3.8) is 0 Å². The first-order valence-electron chi connectivity index (χ1n) is 7.80. The second-order valence-corrected chi connectivity index (χ2v) is 7.13. The first-order valence-corrected chi connectivity index (χ1v) is 9.91. The summed E-state index contributed by atoms with van der Waals surface area (Å²) in [5, 5.41) is 6.55. The highest BCUT2D eigenvalue weighted by molar-refractivity contribution is 7.98. The molecule has 0 saturated carbocycles. The fourth-order valence-electron chi connectivity index (χ4n) is 2.19. The molecular weight excluding hydrogens is 369 g/mol. The standard InChI is InChI=1S/C19H16FN3OS2/c1-25-17-8-2-13(3-9-17)11-21-23-18(24)10-16-12-26-19(22-16)14-4-6-15(20)7-5-14/h2-9,11-12H,10H2,1H3,(H,23,24)/b21-11-. The van der Waals surface area contributed by atoms with Gasteiger partial charge in [0.15, 0.2) is 0 Å². The van der Waals surface area contributed by atoms with Gasteiger partial charge in [0.2, 0.25) is 5.91 Å². The molecule has 3 rings (SSSR count). The number of aromatic nitrogens is 1. The van der Waals surface area contributed by atoms with Gasteiger partial charge in [-0.3, -0.25) is 4.79 Å². The summed E-state index contributed by atoms with van der Waals surface area (Å²) in [5.41, 5.74) is 4.90. The van der Waals surface area contributed by atoms with E-state index in [1.807, 2.05) is 35.9 Å². The van der Waals surface area contributed by atoms with Crippen LogP contribution in [-0.2, 0) is 11.2 Å². The Hall–Kier alpha value is -2.51. The normalized spacial score (nSPS) is 11.0. The molecule has 4 nitrogen and oxygen atoms in total. The van der Waals surface area contributed by atoms with Gasteiger partial charge in [-0.2, -0.15) is 5.10 Å². The van der Waals surface area contributed by atoms with Crippen LogP contribution in [0.15, 0.2) is 63.9 Å². The van der Waals surface area contributed by atoms with Gasteiger partial charge in [0.25, 0.3) is 0 Å². The molecule has 1 amide bonds. The summed E-state index contributed by atoms with van der Waals surface area (Å²) in [5.74, 6) is -0.524. The second kappa shape index (κ2) is 8.73. The van der Waals surface area contributed by atoms with Crippen LogP contribution in [-0.4, -0.2) is 23.4 Å². The van der Waals surface area contributed by atoms with Crippen molar-refractivity contribution >= 4 is 35.2 Å². The highest BCUT2D eigenvalue weighted by Crippen LogP contribution is 2.24. The molecule has 0 aliphatic heterocycles. The molecule has 0 aliphatic rings. The Bertz CT molecular complexity index is 905. The van der Waals surface area contributed by atoms with Gasteiger partial charge in [-0.25, -0.2) is 14.8 Å². The Labute approximate surface area is 159 Å². The van der Waals surface area contributed by atoms with E-state index in [2.05, 4.69) is 15.5 Å². The van der Waals surface area contributed by atoms with Crippen molar-refractivity contribution in [2.75, 3.05) is 6.26 Å². The molecule has 7 heteroatoms. The molecule has 0 bridgehead atoms. The summed E-state index contributed by atoms with van der Waals surface area (Å²) in [6.45, 7) is 0. The molecule has 0 atom stereocenters. The molecule has 0 spiro atoms. The number of halogens is 1. The predicted octanol–water partition coefficient (Wildman–Crippen LogP) is 4.36. The summed E-state index contributed by atoms with van der Waals surface area (Å²) in [7, 11) is 0. The minimum atomic E-state index is -0.286. The van der Waals surface area contributed by atoms with Crippen LogP contribution in [0.5, 0.6) is 0 Å². The van der Waals surface area contributed by atoms with Crippen LogP contribution in [0.1, 0.15) is 11.3 Å². The van der Waals surface area contributed by atoms with Crippen LogP contribution in [0.2, 0.25) is 0 Å². The van der Waals surface area contributed by atoms with Crippen molar-refractivity contribution in [2.24, 2.45) is 5.10 Å². The molecule has 1 N–H and O–H groups in total. The van der Waals surface area contributed by atoms with Gasteiger partial charge >= 0.3 is 0 Å². The van der Waals surface area contributed by atoms with Gasteiger partial charge in [-0.1, -0.05) is 12.1 Å². The summed E-state index contributed by atoms with van der Waals surface area (Å²) < 4.78 is 13.0. The maximum absolute atomic E-state index is 13.0. The minimum Gasteiger partial charge on any atom is -0.273 e. The van der Waals surface area contributed by atoms with E-state index in [1.165, 1.54) is 28.4 Å². The lowest BCUT2D eigenvalue weighted by Gasteiger charge is -1.99. The third-order valence-corrected chi connectivity index (χ3v) is 5.19. The lowest BCUT2D eigenvalue weighted by molar-refractivity contribution is -0.120. The zero-order valence-electron chi connectivity index (χ0n) is 14.0. The van der Waals surface area contributed by atoms with E-state index in [0.29, 0.717) is 5.69 Å². The molecule has 132 valence electrons. The monoisotopic (exact) mass is 385 g/mol. The van der Waals surface area contributed by atoms with E-state index in [4.69, 9.17) is 0 Å². The number of hydrogen-bond acceptors (Lipinski definition) is 5. The van der Waals surface area contributed by atoms with Gasteiger partial charge in [0.1, 0.15) is 10.8 Å². The van der Waals surface area contributed by atoms with Gasteiger partial charge < -0.3 is 0 Å². The number of rotatable bonds is 6. The number of thioether (sulfide) groups is 1. The number of benzene rings is 2. The Balaban J connectivity index is 1.54. The fourth-order valence-corrected chi connectivity index (χ4v) is 3.42. The van der Waals surface area contributed by atoms with E-state index in [1.54, 1.807) is 30.1 Å². The van der Waals surface area contributed by atoms with Crippen molar-refractivity contribution in [3.05, 3.63) is 71.0 Å². The quantitative estimate of drug-likeness (QED) is 0.390. The van der Waals surface area contributed by atoms with E-state index in [9.17, 15) is 9.18 Å². The van der Waals surface area contributed by atoms with Crippen LogP contribution >= 0.6 is 23.1 Å². The third kappa shape index (κ3) is 5.00. The molecule has 1 aromatic heterocycles. The van der Waals surface area contributed by atoms with Crippen molar-refractivity contribution in [2.45, 2.75) is 11.3 Å². The highest BCUT2D eigenvalue weighted by Gasteiger charge is 2.08. The van der Waals surface area contributed by atoms with Crippen LogP contribution in [0.4, 0.5) is 4.39 Å². The maximum atomic E-state index is 13.0. The average Bonchev–Trinajstić information content (AvgIpc) is 3.11. The molecule has 0 aliphatic carbocycles. The number of nitrogens with one attached hydrogen (secondary N) is 1. The number of nitrogens with zero attached hydrogens (tertiary/aromatic N) is 2. The topological polar surface area (TPSA) is 54.4 Å². The predicted molar refractivity (Wildman–Crippen MR) is 105 cm³/mol. The number of carbonyl (C=O) groups is 1. The van der Waals surface area contributed by atoms with Crippen molar-refractivity contribution < 1.29 is 9.18 Å². The van der Waals surface area contributed by atoms with E-state index >= 15 is 0 Å². The smallest absolute Gasteiger partial charge is 0.246 e. The first kappa shape index (κ1) is 18.3. The molecule has 1 heterocycles. The van der Waals surface area contributed by atoms with E-state index in [-0.39, 0.29) is 18.1 Å². The van der Waals surface area contributed by atoms with Crippen LogP contribution in [0, 0.1) is 5.82 Å². The molecule has 2 aromatic carbocycles. The Morgan fingerprint density at radius 1 is 1.23 bits per heavy atom. The summed E-state index contributed by atoms with van der Waals surface area (Å²) in [6, 6.07) is 14.0. The Kier molecular flexibility index (Phi) is 6.14. The Morgan fingerprint density at radius 2 is 1.96 bits per heavy atom. The average molecular weight is 385 g/mol. The van der Waals surface area contributed by atoms with Gasteiger partial charge in [-0.15, -0.1) is 23.1 Å². The number of amides is 1. The lowest BCUT2D eigenvalue weighted by Crippen LogP contribution is -2.19.